The Balaban J connectivity index is 2.18. The Morgan fingerprint density at radius 2 is 1.89 bits per heavy atom. The SMILES string of the molecule is COc1ccc(CNn2cccc2)c(Cl)c1OC. The van der Waals surface area contributed by atoms with Crippen LogP contribution >= 0.6 is 11.6 Å². The van der Waals surface area contributed by atoms with Crippen molar-refractivity contribution in [2.45, 2.75) is 6.54 Å². The van der Waals surface area contributed by atoms with E-state index in [1.165, 1.54) is 0 Å². The Labute approximate surface area is 111 Å². The zero-order valence-electron chi connectivity index (χ0n) is 10.3. The van der Waals surface area contributed by atoms with Gasteiger partial charge in [0.1, 0.15) is 0 Å². The van der Waals surface area contributed by atoms with Crippen LogP contribution in [0.15, 0.2) is 36.7 Å². The van der Waals surface area contributed by atoms with E-state index in [0.717, 1.165) is 5.56 Å². The Hall–Kier alpha value is -1.81. The van der Waals surface area contributed by atoms with Gasteiger partial charge in [0.25, 0.3) is 0 Å². The Morgan fingerprint density at radius 1 is 1.17 bits per heavy atom. The van der Waals surface area contributed by atoms with Crippen LogP contribution in [0.4, 0.5) is 0 Å². The third-order valence-corrected chi connectivity index (χ3v) is 3.04. The number of aromatic nitrogens is 1. The molecule has 0 bridgehead atoms. The highest BCUT2D eigenvalue weighted by Gasteiger charge is 2.12. The summed E-state index contributed by atoms with van der Waals surface area (Å²) in [5.74, 6) is 1.19. The second-order valence-electron chi connectivity index (χ2n) is 3.70. The van der Waals surface area contributed by atoms with Gasteiger partial charge in [0.05, 0.1) is 25.8 Å². The third-order valence-electron chi connectivity index (χ3n) is 2.62. The lowest BCUT2D eigenvalue weighted by molar-refractivity contribution is 0.354. The number of hydrogen-bond donors (Lipinski definition) is 1. The molecule has 96 valence electrons. The normalized spacial score (nSPS) is 10.2. The summed E-state index contributed by atoms with van der Waals surface area (Å²) in [4.78, 5) is 0. The second-order valence-corrected chi connectivity index (χ2v) is 4.08. The first-order chi connectivity index (χ1) is 8.76. The number of rotatable bonds is 5. The van der Waals surface area contributed by atoms with Gasteiger partial charge < -0.3 is 14.9 Å². The molecule has 0 aliphatic carbocycles. The highest BCUT2D eigenvalue weighted by atomic mass is 35.5. The van der Waals surface area contributed by atoms with E-state index >= 15 is 0 Å². The van der Waals surface area contributed by atoms with E-state index in [9.17, 15) is 0 Å². The van der Waals surface area contributed by atoms with Gasteiger partial charge in [-0.05, 0) is 23.8 Å². The first kappa shape index (κ1) is 12.6. The smallest absolute Gasteiger partial charge is 0.179 e. The number of methoxy groups -OCH3 is 2. The highest BCUT2D eigenvalue weighted by Crippen LogP contribution is 2.37. The molecule has 0 aliphatic heterocycles. The summed E-state index contributed by atoms with van der Waals surface area (Å²) < 4.78 is 12.3. The summed E-state index contributed by atoms with van der Waals surface area (Å²) >= 11 is 6.28. The topological polar surface area (TPSA) is 35.4 Å². The van der Waals surface area contributed by atoms with Crippen molar-refractivity contribution in [1.29, 1.82) is 0 Å². The van der Waals surface area contributed by atoms with Crippen LogP contribution in [0.3, 0.4) is 0 Å². The molecule has 2 rings (SSSR count). The van der Waals surface area contributed by atoms with Gasteiger partial charge in [0.2, 0.25) is 0 Å². The molecule has 0 saturated heterocycles. The summed E-state index contributed by atoms with van der Waals surface area (Å²) in [5.41, 5.74) is 4.15. The van der Waals surface area contributed by atoms with Crippen molar-refractivity contribution in [3.8, 4) is 11.5 Å². The molecule has 18 heavy (non-hydrogen) atoms. The van der Waals surface area contributed by atoms with Crippen molar-refractivity contribution in [2.75, 3.05) is 19.6 Å². The van der Waals surface area contributed by atoms with Gasteiger partial charge in [-0.1, -0.05) is 17.7 Å². The highest BCUT2D eigenvalue weighted by molar-refractivity contribution is 6.33. The van der Waals surface area contributed by atoms with Gasteiger partial charge in [-0.3, -0.25) is 4.68 Å². The largest absolute Gasteiger partial charge is 0.493 e. The molecule has 5 heteroatoms. The predicted molar refractivity (Wildman–Crippen MR) is 72.1 cm³/mol. The number of hydrogen-bond acceptors (Lipinski definition) is 3. The average molecular weight is 267 g/mol. The molecule has 0 fully saturated rings. The molecule has 2 aromatic rings. The van der Waals surface area contributed by atoms with Crippen LogP contribution in [0.2, 0.25) is 5.02 Å². The lowest BCUT2D eigenvalue weighted by Gasteiger charge is -2.14. The zero-order chi connectivity index (χ0) is 13.0. The minimum absolute atomic E-state index is 0.561. The minimum Gasteiger partial charge on any atom is -0.493 e. The third kappa shape index (κ3) is 2.54. The molecule has 0 atom stereocenters. The van der Waals surface area contributed by atoms with E-state index in [1.54, 1.807) is 14.2 Å². The molecular weight excluding hydrogens is 252 g/mol. The van der Waals surface area contributed by atoms with Crippen LogP contribution in [0.5, 0.6) is 11.5 Å². The van der Waals surface area contributed by atoms with E-state index in [4.69, 9.17) is 21.1 Å². The molecule has 4 nitrogen and oxygen atoms in total. The maximum atomic E-state index is 6.28. The van der Waals surface area contributed by atoms with Crippen molar-refractivity contribution in [3.63, 3.8) is 0 Å². The molecule has 0 spiro atoms. The minimum atomic E-state index is 0.561. The Morgan fingerprint density at radius 3 is 2.50 bits per heavy atom. The molecule has 1 aromatic heterocycles. The van der Waals surface area contributed by atoms with E-state index < -0.39 is 0 Å². The number of halogens is 1. The summed E-state index contributed by atoms with van der Waals surface area (Å²) in [6.45, 7) is 0.605. The molecule has 1 N–H and O–H groups in total. The zero-order valence-corrected chi connectivity index (χ0v) is 11.1. The number of nitrogens with zero attached hydrogens (tertiary/aromatic N) is 1. The predicted octanol–water partition coefficient (Wildman–Crippen LogP) is 2.90. The summed E-state index contributed by atoms with van der Waals surface area (Å²) in [7, 11) is 3.17. The standard InChI is InChI=1S/C13H15ClN2O2/c1-17-11-6-5-10(12(14)13(11)18-2)9-15-16-7-3-4-8-16/h3-8,15H,9H2,1-2H3. The van der Waals surface area contributed by atoms with Gasteiger partial charge in [0.15, 0.2) is 11.5 Å². The van der Waals surface area contributed by atoms with E-state index in [1.807, 2.05) is 41.3 Å². The summed E-state index contributed by atoms with van der Waals surface area (Å²) in [5, 5.41) is 0.566. The van der Waals surface area contributed by atoms with Crippen LogP contribution < -0.4 is 14.9 Å². The quantitative estimate of drug-likeness (QED) is 0.904. The Bertz CT molecular complexity index is 512. The molecule has 0 amide bonds. The van der Waals surface area contributed by atoms with Gasteiger partial charge >= 0.3 is 0 Å². The molecule has 0 unspecified atom stereocenters. The second kappa shape index (κ2) is 5.69. The van der Waals surface area contributed by atoms with E-state index in [0.29, 0.717) is 23.1 Å². The maximum Gasteiger partial charge on any atom is 0.179 e. The lowest BCUT2D eigenvalue weighted by atomic mass is 10.2. The van der Waals surface area contributed by atoms with Crippen LogP contribution in [-0.4, -0.2) is 18.9 Å². The molecule has 1 heterocycles. The fraction of sp³-hybridized carbons (Fsp3) is 0.231. The van der Waals surface area contributed by atoms with Gasteiger partial charge in [-0.2, -0.15) is 0 Å². The first-order valence-corrected chi connectivity index (χ1v) is 5.90. The van der Waals surface area contributed by atoms with Crippen LogP contribution in [0.1, 0.15) is 5.56 Å². The van der Waals surface area contributed by atoms with Crippen molar-refractivity contribution in [3.05, 3.63) is 47.2 Å². The first-order valence-electron chi connectivity index (χ1n) is 5.52. The van der Waals surface area contributed by atoms with Crippen molar-refractivity contribution >= 4 is 11.6 Å². The fourth-order valence-electron chi connectivity index (χ4n) is 1.68. The maximum absolute atomic E-state index is 6.28. The molecule has 0 saturated carbocycles. The van der Waals surface area contributed by atoms with Crippen molar-refractivity contribution in [1.82, 2.24) is 4.68 Å². The number of ether oxygens (including phenoxy) is 2. The Kier molecular flexibility index (Phi) is 3.99. The molecule has 0 aliphatic rings. The van der Waals surface area contributed by atoms with Crippen LogP contribution in [-0.2, 0) is 6.54 Å². The van der Waals surface area contributed by atoms with Crippen molar-refractivity contribution < 1.29 is 9.47 Å². The van der Waals surface area contributed by atoms with Crippen LogP contribution in [0.25, 0.3) is 0 Å². The van der Waals surface area contributed by atoms with Gasteiger partial charge in [-0.15, -0.1) is 0 Å². The van der Waals surface area contributed by atoms with Gasteiger partial charge in [0, 0.05) is 12.4 Å². The number of benzene rings is 1. The van der Waals surface area contributed by atoms with Crippen molar-refractivity contribution in [2.24, 2.45) is 0 Å². The molecular formula is C13H15ClN2O2. The summed E-state index contributed by atoms with van der Waals surface area (Å²) in [6, 6.07) is 7.66. The monoisotopic (exact) mass is 266 g/mol. The fourth-order valence-corrected chi connectivity index (χ4v) is 1.98. The molecule has 0 radical (unpaired) electrons. The molecule has 1 aromatic carbocycles. The number of nitrogens with one attached hydrogen (secondary N) is 1. The van der Waals surface area contributed by atoms with Gasteiger partial charge in [-0.25, -0.2) is 0 Å². The van der Waals surface area contributed by atoms with Crippen LogP contribution in [0, 0.1) is 0 Å². The lowest BCUT2D eigenvalue weighted by Crippen LogP contribution is -2.12. The van der Waals surface area contributed by atoms with E-state index in [-0.39, 0.29) is 0 Å². The summed E-state index contributed by atoms with van der Waals surface area (Å²) in [6.07, 6.45) is 3.85. The average Bonchev–Trinajstić information content (AvgIpc) is 2.90. The van der Waals surface area contributed by atoms with E-state index in [2.05, 4.69) is 5.43 Å².